The second-order valence-electron chi connectivity index (χ2n) is 17.2. The van der Waals surface area contributed by atoms with Crippen LogP contribution < -0.4 is 14.4 Å². The Morgan fingerprint density at radius 1 is 0.864 bits per heavy atom. The van der Waals surface area contributed by atoms with E-state index < -0.39 is 48.6 Å². The molecule has 0 spiro atoms. The first-order valence-electron chi connectivity index (χ1n) is 19.9. The Hall–Kier alpha value is -4.44. The van der Waals surface area contributed by atoms with Gasteiger partial charge in [0.1, 0.15) is 29.4 Å². The summed E-state index contributed by atoms with van der Waals surface area (Å²) in [4.78, 5) is 15.4. The average molecular weight is 855 g/mol. The number of unbranched alkanes of at least 4 members (excludes halogenated alkanes) is 2. The molecule has 2 aliphatic heterocycles. The second-order valence-corrected chi connectivity index (χ2v) is 20.3. The maximum Gasteiger partial charge on any atom is 0.514 e. The highest BCUT2D eigenvalue weighted by Crippen LogP contribution is 2.49. The number of hydrogen-bond acceptors (Lipinski definition) is 11. The van der Waals surface area contributed by atoms with Crippen LogP contribution in [0.5, 0.6) is 11.5 Å². The summed E-state index contributed by atoms with van der Waals surface area (Å²) in [6.45, 7) is 14.7. The van der Waals surface area contributed by atoms with Gasteiger partial charge in [0.15, 0.2) is 5.71 Å². The van der Waals surface area contributed by atoms with Crippen LogP contribution in [-0.2, 0) is 40.5 Å². The summed E-state index contributed by atoms with van der Waals surface area (Å²) in [5.74, 6) is 1.06. The van der Waals surface area contributed by atoms with Gasteiger partial charge in [0, 0.05) is 53.2 Å². The molecule has 3 aliphatic rings. The Morgan fingerprint density at radius 3 is 2.14 bits per heavy atom. The molecule has 0 radical (unpaired) electrons. The maximum atomic E-state index is 13.3. The predicted molar refractivity (Wildman–Crippen MR) is 228 cm³/mol. The molecule has 5 rings (SSSR count). The lowest BCUT2D eigenvalue weighted by Crippen LogP contribution is -2.28. The van der Waals surface area contributed by atoms with Gasteiger partial charge in [-0.05, 0) is 126 Å². The van der Waals surface area contributed by atoms with Crippen molar-refractivity contribution in [2.24, 2.45) is 0 Å². The molecule has 1 aliphatic carbocycles. The molecular weight excluding hydrogens is 797 g/mol. The summed E-state index contributed by atoms with van der Waals surface area (Å²) < 4.78 is 91.3. The van der Waals surface area contributed by atoms with Crippen LogP contribution in [0.25, 0.3) is 0 Å². The van der Waals surface area contributed by atoms with Gasteiger partial charge in [-0.25, -0.2) is 13.2 Å². The van der Waals surface area contributed by atoms with Gasteiger partial charge >= 0.3 is 6.16 Å². The van der Waals surface area contributed by atoms with E-state index in [9.17, 15) is 30.7 Å². The van der Waals surface area contributed by atoms with Crippen molar-refractivity contribution >= 4 is 43.5 Å². The van der Waals surface area contributed by atoms with Crippen LogP contribution in [0.15, 0.2) is 83.3 Å². The fraction of sp³-hybridized carbons (Fsp3) is 0.500. The minimum atomic E-state index is -4.34. The number of carbonyl (C=O) groups excluding carboxylic acids is 1. The minimum Gasteiger partial charge on any atom is -0.748 e. The molecule has 15 heteroatoms. The van der Waals surface area contributed by atoms with E-state index in [0.29, 0.717) is 56.0 Å². The number of rotatable bonds is 16. The van der Waals surface area contributed by atoms with E-state index in [-0.39, 0.29) is 18.6 Å². The summed E-state index contributed by atoms with van der Waals surface area (Å²) in [7, 11) is -5.19. The third kappa shape index (κ3) is 11.0. The number of fused-ring (bicyclic) bond motifs is 2. The largest absolute Gasteiger partial charge is 0.748 e. The Morgan fingerprint density at radius 2 is 1.51 bits per heavy atom. The highest BCUT2D eigenvalue weighted by molar-refractivity contribution is 7.85. The van der Waals surface area contributed by atoms with Gasteiger partial charge in [0.2, 0.25) is 5.69 Å². The molecule has 0 amide bonds. The van der Waals surface area contributed by atoms with Crippen LogP contribution in [0.2, 0.25) is 0 Å². The lowest BCUT2D eigenvalue weighted by molar-refractivity contribution is -0.438. The second kappa shape index (κ2) is 17.6. The van der Waals surface area contributed by atoms with Gasteiger partial charge in [-0.1, -0.05) is 19.9 Å². The number of methoxy groups -OCH3 is 2. The van der Waals surface area contributed by atoms with Crippen LogP contribution in [-0.4, -0.2) is 86.8 Å². The molecule has 0 unspecified atom stereocenters. The third-order valence-corrected chi connectivity index (χ3v) is 12.6. The van der Waals surface area contributed by atoms with E-state index in [2.05, 4.69) is 37.2 Å². The van der Waals surface area contributed by atoms with Gasteiger partial charge in [0.05, 0.1) is 35.5 Å². The zero-order chi connectivity index (χ0) is 43.6. The Kier molecular flexibility index (Phi) is 13.7. The minimum absolute atomic E-state index is 0.228. The zero-order valence-corrected chi connectivity index (χ0v) is 37.2. The van der Waals surface area contributed by atoms with Crippen LogP contribution in [0.4, 0.5) is 16.2 Å². The van der Waals surface area contributed by atoms with Crippen LogP contribution in [0.1, 0.15) is 98.1 Å². The normalized spacial score (nSPS) is 18.9. The lowest BCUT2D eigenvalue weighted by atomic mass is 9.81. The quantitative estimate of drug-likeness (QED) is 0.0743. The number of allylic oxidation sites excluding steroid dienone is 7. The molecule has 1 N–H and O–H groups in total. The van der Waals surface area contributed by atoms with Crippen molar-refractivity contribution in [1.29, 1.82) is 0 Å². The van der Waals surface area contributed by atoms with Crippen molar-refractivity contribution in [3.63, 3.8) is 0 Å². The van der Waals surface area contributed by atoms with E-state index in [1.807, 2.05) is 60.7 Å². The number of hydrogen-bond donors (Lipinski definition) is 1. The molecule has 59 heavy (non-hydrogen) atoms. The Balaban J connectivity index is 1.57. The first-order chi connectivity index (χ1) is 27.4. The average Bonchev–Trinajstić information content (AvgIpc) is 3.68. The SMILES string of the molecule is COc1ccc2c(c1)C(C)(C)C(/C=C/C1=C(OC(=O)OC(C)(C)C)C(=C/C=C3/N(CCCCS(=O)(=O)[O-])c4ccc(OC)cc4C3(C)C)/CC1)=[N+]2CCCCS(=O)(=O)O. The number of anilines is 1. The van der Waals surface area contributed by atoms with Gasteiger partial charge in [-0.3, -0.25) is 4.55 Å². The molecule has 0 saturated heterocycles. The van der Waals surface area contributed by atoms with Crippen molar-refractivity contribution in [3.8, 4) is 11.5 Å². The van der Waals surface area contributed by atoms with Crippen LogP contribution >= 0.6 is 0 Å². The summed E-state index contributed by atoms with van der Waals surface area (Å²) in [6.07, 6.45) is 9.79. The van der Waals surface area contributed by atoms with E-state index in [1.165, 1.54) is 0 Å². The van der Waals surface area contributed by atoms with Crippen LogP contribution in [0, 0.1) is 0 Å². The summed E-state index contributed by atoms with van der Waals surface area (Å²) >= 11 is 0. The highest BCUT2D eigenvalue weighted by atomic mass is 32.2. The molecule has 0 fully saturated rings. The maximum absolute atomic E-state index is 13.3. The van der Waals surface area contributed by atoms with Gasteiger partial charge in [-0.15, -0.1) is 0 Å². The summed E-state index contributed by atoms with van der Waals surface area (Å²) in [5.41, 5.74) is 5.71. The molecule has 13 nitrogen and oxygen atoms in total. The van der Waals surface area contributed by atoms with Crippen molar-refractivity contribution < 1.29 is 54.3 Å². The molecule has 2 heterocycles. The first-order valence-corrected chi connectivity index (χ1v) is 23.1. The molecule has 0 atom stereocenters. The number of nitrogens with zero attached hydrogens (tertiary/aromatic N) is 2. The summed E-state index contributed by atoms with van der Waals surface area (Å²) in [5, 5.41) is 0. The predicted octanol–water partition coefficient (Wildman–Crippen LogP) is 8.24. The number of ether oxygens (including phenoxy) is 4. The fourth-order valence-corrected chi connectivity index (χ4v) is 9.14. The van der Waals surface area contributed by atoms with E-state index in [0.717, 1.165) is 45.1 Å². The Bertz CT molecular complexity index is 2330. The van der Waals surface area contributed by atoms with E-state index in [1.54, 1.807) is 35.0 Å². The van der Waals surface area contributed by atoms with Gasteiger partial charge < -0.3 is 28.4 Å². The highest BCUT2D eigenvalue weighted by Gasteiger charge is 2.45. The van der Waals surface area contributed by atoms with Crippen molar-refractivity contribution in [1.82, 2.24) is 0 Å². The Labute approximate surface area is 349 Å². The first kappa shape index (κ1) is 45.6. The smallest absolute Gasteiger partial charge is 0.514 e. The standard InChI is InChI=1S/C44H58N2O11S2/c1-42(2,3)57-41(47)56-40-30(16-22-38-43(4,5)34-28-32(54-8)18-20-36(34)45(38)24-10-12-26-58(48,49)50)14-15-31(40)17-23-39-44(6,7)35-29-33(55-9)19-21-37(35)46(39)25-11-13-27-59(51,52)53/h16-23,28-29H,10-15,24-27H2,1-9H3,(H-,48,49,50,51,52,53). The molecular formula is C44H58N2O11S2. The molecule has 0 saturated carbocycles. The van der Waals surface area contributed by atoms with Crippen molar-refractivity contribution in [3.05, 3.63) is 94.4 Å². The monoisotopic (exact) mass is 854 g/mol. The van der Waals surface area contributed by atoms with E-state index in [4.69, 9.17) is 18.9 Å². The zero-order valence-electron chi connectivity index (χ0n) is 35.6. The molecule has 0 bridgehead atoms. The lowest BCUT2D eigenvalue weighted by Gasteiger charge is -2.27. The van der Waals surface area contributed by atoms with Crippen molar-refractivity contribution in [2.75, 3.05) is 43.7 Å². The number of benzene rings is 2. The summed E-state index contributed by atoms with van der Waals surface area (Å²) in [6, 6.07) is 11.8. The van der Waals surface area contributed by atoms with Gasteiger partial charge in [-0.2, -0.15) is 13.0 Å². The topological polar surface area (TPSA) is 172 Å². The molecule has 2 aromatic rings. The van der Waals surface area contributed by atoms with Crippen LogP contribution in [0.3, 0.4) is 0 Å². The van der Waals surface area contributed by atoms with Crippen molar-refractivity contribution in [2.45, 2.75) is 103 Å². The molecule has 2 aromatic carbocycles. The van der Waals surface area contributed by atoms with E-state index >= 15 is 0 Å². The van der Waals surface area contributed by atoms with Gasteiger partial charge in [0.25, 0.3) is 10.1 Å². The fourth-order valence-electron chi connectivity index (χ4n) is 8.01. The number of carbonyl (C=O) groups is 1. The molecule has 322 valence electrons. The third-order valence-electron chi connectivity index (χ3n) is 11.0. The molecule has 0 aromatic heterocycles.